The Hall–Kier alpha value is -4.68. The van der Waals surface area contributed by atoms with E-state index in [4.69, 9.17) is 20.9 Å². The first-order valence-corrected chi connectivity index (χ1v) is 14.8. The van der Waals surface area contributed by atoms with Gasteiger partial charge in [0.2, 0.25) is 11.8 Å². The van der Waals surface area contributed by atoms with Gasteiger partial charge in [-0.3, -0.25) is 19.2 Å². The first-order chi connectivity index (χ1) is 21.1. The molecule has 4 atom stereocenters. The molecule has 6 rings (SSSR count). The third-order valence-electron chi connectivity index (χ3n) is 8.89. The number of aromatic nitrogens is 2. The number of likely N-dealkylation sites (N-methyl/N-ethyl adjacent to an activating group) is 2. The van der Waals surface area contributed by atoms with Crippen LogP contribution in [-0.4, -0.2) is 59.9 Å². The van der Waals surface area contributed by atoms with E-state index in [0.29, 0.717) is 36.8 Å². The van der Waals surface area contributed by atoms with Crippen LogP contribution in [0.5, 0.6) is 0 Å². The summed E-state index contributed by atoms with van der Waals surface area (Å²) in [7, 11) is 3.71. The Morgan fingerprint density at radius 1 is 0.727 bits per heavy atom. The number of benzene rings is 2. The fourth-order valence-corrected chi connectivity index (χ4v) is 6.54. The molecule has 0 saturated heterocycles. The minimum absolute atomic E-state index is 0.0532. The second-order valence-corrected chi connectivity index (χ2v) is 11.6. The van der Waals surface area contributed by atoms with Crippen LogP contribution in [0.3, 0.4) is 0 Å². The van der Waals surface area contributed by atoms with Crippen LogP contribution in [0.25, 0.3) is 21.8 Å². The molecular formula is C32H36N6O6. The molecule has 0 fully saturated rings. The maximum atomic E-state index is 13.0. The molecule has 0 bridgehead atoms. The standard InChI is InChI=1S/C32H36N6O6/c1-35-17-11-21-19-9-15(31(33)41)3-5-23(19)37-29(21)25(13-17)43-27(39)7-8-28(40)44-26-14-18(36-2)12-22-20-10-16(32(34)42)4-6-24(20)38-30(22)26/h3-6,9-10,17-18,25-26,35-38H,7-8,11-14H2,1-2H3,(H2,33,41)(H2,34,42)/t17-,18-,25?,26?/m1/s1. The summed E-state index contributed by atoms with van der Waals surface area (Å²) in [6.07, 6.45) is 1.16. The van der Waals surface area contributed by atoms with Gasteiger partial charge in [0.05, 0.1) is 24.2 Å². The Kier molecular flexibility index (Phi) is 7.87. The molecule has 0 saturated carbocycles. The third-order valence-corrected chi connectivity index (χ3v) is 8.89. The van der Waals surface area contributed by atoms with Gasteiger partial charge in [-0.05, 0) is 74.5 Å². The number of hydrogen-bond acceptors (Lipinski definition) is 8. The summed E-state index contributed by atoms with van der Waals surface area (Å²) in [6, 6.07) is 10.6. The van der Waals surface area contributed by atoms with Crippen LogP contribution >= 0.6 is 0 Å². The summed E-state index contributed by atoms with van der Waals surface area (Å²) in [5, 5.41) is 8.28. The quantitative estimate of drug-likeness (QED) is 0.158. The lowest BCUT2D eigenvalue weighted by Crippen LogP contribution is -2.35. The number of hydrogen-bond donors (Lipinski definition) is 6. The van der Waals surface area contributed by atoms with Gasteiger partial charge >= 0.3 is 11.9 Å². The van der Waals surface area contributed by atoms with Crippen molar-refractivity contribution in [1.29, 1.82) is 0 Å². The van der Waals surface area contributed by atoms with E-state index in [0.717, 1.165) is 44.3 Å². The summed E-state index contributed by atoms with van der Waals surface area (Å²) < 4.78 is 11.8. The number of H-pyrrole nitrogens is 2. The number of nitrogens with two attached hydrogens (primary N) is 2. The zero-order chi connectivity index (χ0) is 31.1. The lowest BCUT2D eigenvalue weighted by atomic mass is 9.89. The molecule has 2 heterocycles. The van der Waals surface area contributed by atoms with Gasteiger partial charge in [0.1, 0.15) is 12.2 Å². The smallest absolute Gasteiger partial charge is 0.307 e. The fraction of sp³-hybridized carbons (Fsp3) is 0.375. The average molecular weight is 601 g/mol. The van der Waals surface area contributed by atoms with Gasteiger partial charge in [0.25, 0.3) is 0 Å². The molecule has 8 N–H and O–H groups in total. The predicted octanol–water partition coefficient (Wildman–Crippen LogP) is 2.56. The zero-order valence-corrected chi connectivity index (χ0v) is 24.6. The highest BCUT2D eigenvalue weighted by molar-refractivity contribution is 5.99. The second-order valence-electron chi connectivity index (χ2n) is 11.6. The number of primary amides is 2. The molecule has 0 spiro atoms. The Labute approximate surface area is 253 Å². The first-order valence-electron chi connectivity index (χ1n) is 14.8. The van der Waals surface area contributed by atoms with E-state index >= 15 is 0 Å². The molecule has 44 heavy (non-hydrogen) atoms. The maximum absolute atomic E-state index is 13.0. The van der Waals surface area contributed by atoms with Crippen molar-refractivity contribution in [1.82, 2.24) is 20.6 Å². The molecule has 12 nitrogen and oxygen atoms in total. The molecule has 2 amide bonds. The molecule has 2 aromatic heterocycles. The van der Waals surface area contributed by atoms with Crippen molar-refractivity contribution in [3.8, 4) is 0 Å². The highest BCUT2D eigenvalue weighted by Crippen LogP contribution is 2.39. The number of ether oxygens (including phenoxy) is 2. The van der Waals surface area contributed by atoms with Gasteiger partial charge in [-0.25, -0.2) is 0 Å². The summed E-state index contributed by atoms with van der Waals surface area (Å²) in [4.78, 5) is 56.2. The number of nitrogens with one attached hydrogen (secondary N) is 4. The average Bonchev–Trinajstić information content (AvgIpc) is 3.57. The van der Waals surface area contributed by atoms with Crippen LogP contribution in [0.1, 0.15) is 81.1 Å². The van der Waals surface area contributed by atoms with E-state index in [1.807, 2.05) is 14.1 Å². The largest absolute Gasteiger partial charge is 0.456 e. The van der Waals surface area contributed by atoms with Gasteiger partial charge in [-0.15, -0.1) is 0 Å². The normalized spacial score (nSPS) is 21.0. The Bertz CT molecular complexity index is 1660. The van der Waals surface area contributed by atoms with Crippen molar-refractivity contribution >= 4 is 45.6 Å². The minimum Gasteiger partial charge on any atom is -0.456 e. The SMILES string of the molecule is CN[C@@H]1Cc2c([nH]c3ccc(C(N)=O)cc23)C(OC(=O)CCC(=O)OC2C[C@H](NC)Cc3c2[nH]c2ccc(C(N)=O)cc32)C1. The van der Waals surface area contributed by atoms with E-state index in [1.54, 1.807) is 36.4 Å². The number of rotatable bonds is 9. The van der Waals surface area contributed by atoms with E-state index in [1.165, 1.54) is 0 Å². The van der Waals surface area contributed by atoms with Crippen molar-refractivity contribution in [2.24, 2.45) is 11.5 Å². The molecule has 2 aliphatic rings. The molecule has 2 aromatic carbocycles. The van der Waals surface area contributed by atoms with E-state index in [2.05, 4.69) is 20.6 Å². The van der Waals surface area contributed by atoms with Gasteiger partial charge in [0, 0.05) is 57.9 Å². The third kappa shape index (κ3) is 5.53. The van der Waals surface area contributed by atoms with Crippen LogP contribution in [-0.2, 0) is 31.9 Å². The van der Waals surface area contributed by atoms with Crippen LogP contribution in [0.2, 0.25) is 0 Å². The molecule has 0 aliphatic heterocycles. The topological polar surface area (TPSA) is 194 Å². The molecular weight excluding hydrogens is 564 g/mol. The molecule has 230 valence electrons. The summed E-state index contributed by atoms with van der Waals surface area (Å²) in [6.45, 7) is 0. The first kappa shape index (κ1) is 29.4. The van der Waals surface area contributed by atoms with Gasteiger partial charge in [0.15, 0.2) is 0 Å². The molecule has 4 aromatic rings. The van der Waals surface area contributed by atoms with Gasteiger partial charge in [-0.1, -0.05) is 0 Å². The fourth-order valence-electron chi connectivity index (χ4n) is 6.54. The number of amides is 2. The van der Waals surface area contributed by atoms with Crippen LogP contribution < -0.4 is 22.1 Å². The Morgan fingerprint density at radius 2 is 1.14 bits per heavy atom. The number of carbonyl (C=O) groups is 4. The van der Waals surface area contributed by atoms with E-state index in [9.17, 15) is 19.2 Å². The van der Waals surface area contributed by atoms with Crippen molar-refractivity contribution in [3.05, 3.63) is 70.0 Å². The Balaban J connectivity index is 1.14. The Morgan fingerprint density at radius 3 is 1.50 bits per heavy atom. The van der Waals surface area contributed by atoms with Gasteiger partial charge < -0.3 is 41.5 Å². The lowest BCUT2D eigenvalue weighted by Gasteiger charge is -2.29. The molecule has 2 aliphatic carbocycles. The second kappa shape index (κ2) is 11.8. The van der Waals surface area contributed by atoms with Crippen molar-refractivity contribution < 1.29 is 28.7 Å². The lowest BCUT2D eigenvalue weighted by molar-refractivity contribution is -0.157. The molecule has 0 radical (unpaired) electrons. The highest BCUT2D eigenvalue weighted by atomic mass is 16.6. The summed E-state index contributed by atoms with van der Waals surface area (Å²) in [5.74, 6) is -2.03. The molecule has 2 unspecified atom stereocenters. The van der Waals surface area contributed by atoms with Crippen molar-refractivity contribution in [2.75, 3.05) is 14.1 Å². The van der Waals surface area contributed by atoms with Crippen LogP contribution in [0.4, 0.5) is 0 Å². The monoisotopic (exact) mass is 600 g/mol. The highest BCUT2D eigenvalue weighted by Gasteiger charge is 2.34. The summed E-state index contributed by atoms with van der Waals surface area (Å²) in [5.41, 5.74) is 17.0. The minimum atomic E-state index is -0.543. The number of fused-ring (bicyclic) bond motifs is 6. The number of esters is 2. The van der Waals surface area contributed by atoms with Crippen molar-refractivity contribution in [3.63, 3.8) is 0 Å². The van der Waals surface area contributed by atoms with E-state index in [-0.39, 0.29) is 24.9 Å². The summed E-state index contributed by atoms with van der Waals surface area (Å²) >= 11 is 0. The predicted molar refractivity (Wildman–Crippen MR) is 163 cm³/mol. The van der Waals surface area contributed by atoms with Crippen LogP contribution in [0, 0.1) is 0 Å². The number of carbonyl (C=O) groups excluding carboxylic acids is 4. The van der Waals surface area contributed by atoms with Crippen molar-refractivity contribution in [2.45, 2.75) is 62.8 Å². The van der Waals surface area contributed by atoms with Gasteiger partial charge in [-0.2, -0.15) is 0 Å². The maximum Gasteiger partial charge on any atom is 0.307 e. The van der Waals surface area contributed by atoms with Crippen LogP contribution in [0.15, 0.2) is 36.4 Å². The van der Waals surface area contributed by atoms with E-state index < -0.39 is 36.0 Å². The number of aromatic amines is 2. The molecule has 12 heteroatoms. The zero-order valence-electron chi connectivity index (χ0n) is 24.6.